The fourth-order valence-electron chi connectivity index (χ4n) is 2.00. The van der Waals surface area contributed by atoms with Gasteiger partial charge < -0.3 is 5.32 Å². The van der Waals surface area contributed by atoms with E-state index in [0.29, 0.717) is 11.3 Å². The average Bonchev–Trinajstić information content (AvgIpc) is 2.68. The van der Waals surface area contributed by atoms with Gasteiger partial charge in [-0.05, 0) is 30.7 Å². The molecule has 1 aliphatic rings. The van der Waals surface area contributed by atoms with Crippen molar-refractivity contribution in [2.75, 3.05) is 7.05 Å². The maximum absolute atomic E-state index is 5.42. The van der Waals surface area contributed by atoms with E-state index in [1.807, 2.05) is 7.05 Å². The van der Waals surface area contributed by atoms with Crippen LogP contribution < -0.4 is 5.32 Å². The molecule has 12 heavy (non-hydrogen) atoms. The SMILES string of the molecule is C#CC(NC)C1CC1C(C)(C)C. The lowest BCUT2D eigenvalue weighted by Gasteiger charge is -2.19. The maximum atomic E-state index is 5.42. The standard InChI is InChI=1S/C11H19N/c1-6-10(12-5)8-7-9(8)11(2,3)4/h1,8-10,12H,7H2,2-5H3. The van der Waals surface area contributed by atoms with Crippen LogP contribution in [0, 0.1) is 29.6 Å². The largest absolute Gasteiger partial charge is 0.307 e. The monoisotopic (exact) mass is 165 g/mol. The summed E-state index contributed by atoms with van der Waals surface area (Å²) in [6, 6.07) is 0.286. The van der Waals surface area contributed by atoms with Crippen LogP contribution in [0.3, 0.4) is 0 Å². The van der Waals surface area contributed by atoms with E-state index in [1.165, 1.54) is 6.42 Å². The van der Waals surface area contributed by atoms with Crippen molar-refractivity contribution in [1.82, 2.24) is 5.32 Å². The van der Waals surface area contributed by atoms with Gasteiger partial charge in [0.15, 0.2) is 0 Å². The van der Waals surface area contributed by atoms with Crippen molar-refractivity contribution in [3.8, 4) is 12.3 Å². The van der Waals surface area contributed by atoms with Crippen LogP contribution in [-0.2, 0) is 0 Å². The summed E-state index contributed by atoms with van der Waals surface area (Å²) in [5, 5.41) is 3.18. The van der Waals surface area contributed by atoms with E-state index >= 15 is 0 Å². The van der Waals surface area contributed by atoms with Crippen LogP contribution in [-0.4, -0.2) is 13.1 Å². The Bertz CT molecular complexity index is 194. The molecule has 1 rings (SSSR count). The Morgan fingerprint density at radius 3 is 2.33 bits per heavy atom. The predicted molar refractivity (Wildman–Crippen MR) is 52.7 cm³/mol. The van der Waals surface area contributed by atoms with Crippen molar-refractivity contribution in [2.45, 2.75) is 33.2 Å². The summed E-state index contributed by atoms with van der Waals surface area (Å²) in [5.74, 6) is 4.32. The molecule has 1 fully saturated rings. The lowest BCUT2D eigenvalue weighted by molar-refractivity contribution is 0.320. The van der Waals surface area contributed by atoms with Gasteiger partial charge in [0.2, 0.25) is 0 Å². The minimum Gasteiger partial charge on any atom is -0.307 e. The summed E-state index contributed by atoms with van der Waals surface area (Å²) in [7, 11) is 1.95. The molecule has 0 heterocycles. The van der Waals surface area contributed by atoms with E-state index < -0.39 is 0 Å². The number of hydrogen-bond acceptors (Lipinski definition) is 1. The second-order valence-electron chi connectivity index (χ2n) is 4.81. The third kappa shape index (κ3) is 1.81. The summed E-state index contributed by atoms with van der Waals surface area (Å²) in [5.41, 5.74) is 0.427. The third-order valence-corrected chi connectivity index (χ3v) is 2.87. The van der Waals surface area contributed by atoms with Crippen LogP contribution in [0.4, 0.5) is 0 Å². The van der Waals surface area contributed by atoms with Gasteiger partial charge in [-0.15, -0.1) is 6.42 Å². The second-order valence-corrected chi connectivity index (χ2v) is 4.81. The first-order valence-corrected chi connectivity index (χ1v) is 4.64. The highest BCUT2D eigenvalue weighted by Gasteiger charge is 2.48. The third-order valence-electron chi connectivity index (χ3n) is 2.87. The van der Waals surface area contributed by atoms with Gasteiger partial charge in [0.1, 0.15) is 0 Å². The minimum atomic E-state index is 0.286. The molecule has 0 radical (unpaired) electrons. The Hall–Kier alpha value is -0.480. The van der Waals surface area contributed by atoms with Crippen LogP contribution in [0.2, 0.25) is 0 Å². The molecule has 0 aromatic rings. The molecule has 0 aromatic carbocycles. The van der Waals surface area contributed by atoms with Crippen LogP contribution >= 0.6 is 0 Å². The van der Waals surface area contributed by atoms with Gasteiger partial charge in [0.25, 0.3) is 0 Å². The van der Waals surface area contributed by atoms with Crippen molar-refractivity contribution >= 4 is 0 Å². The van der Waals surface area contributed by atoms with Crippen LogP contribution in [0.15, 0.2) is 0 Å². The Kier molecular flexibility index (Phi) is 2.49. The highest BCUT2D eigenvalue weighted by molar-refractivity contribution is 5.11. The van der Waals surface area contributed by atoms with E-state index in [9.17, 15) is 0 Å². The van der Waals surface area contributed by atoms with Gasteiger partial charge in [-0.2, -0.15) is 0 Å². The molecule has 1 N–H and O–H groups in total. The first-order chi connectivity index (χ1) is 5.50. The Labute approximate surface area is 75.9 Å². The normalized spacial score (nSPS) is 30.9. The molecular formula is C11H19N. The highest BCUT2D eigenvalue weighted by atomic mass is 14.9. The molecule has 0 aliphatic heterocycles. The van der Waals surface area contributed by atoms with E-state index in [2.05, 4.69) is 32.0 Å². The zero-order chi connectivity index (χ0) is 9.35. The van der Waals surface area contributed by atoms with Crippen molar-refractivity contribution in [2.24, 2.45) is 17.3 Å². The number of nitrogens with one attached hydrogen (secondary N) is 1. The van der Waals surface area contributed by atoms with Crippen molar-refractivity contribution in [1.29, 1.82) is 0 Å². The van der Waals surface area contributed by atoms with Crippen LogP contribution in [0.25, 0.3) is 0 Å². The van der Waals surface area contributed by atoms with Crippen molar-refractivity contribution in [3.05, 3.63) is 0 Å². The molecule has 0 bridgehead atoms. The Morgan fingerprint density at radius 2 is 2.08 bits per heavy atom. The molecule has 0 aromatic heterocycles. The molecular weight excluding hydrogens is 146 g/mol. The second kappa shape index (κ2) is 3.11. The topological polar surface area (TPSA) is 12.0 Å². The zero-order valence-electron chi connectivity index (χ0n) is 8.52. The molecule has 1 heteroatoms. The van der Waals surface area contributed by atoms with E-state index in [-0.39, 0.29) is 6.04 Å². The minimum absolute atomic E-state index is 0.286. The molecule has 1 nitrogen and oxygen atoms in total. The highest BCUT2D eigenvalue weighted by Crippen LogP contribution is 2.52. The van der Waals surface area contributed by atoms with Gasteiger partial charge in [-0.1, -0.05) is 26.7 Å². The first kappa shape index (κ1) is 9.61. The van der Waals surface area contributed by atoms with E-state index in [1.54, 1.807) is 0 Å². The van der Waals surface area contributed by atoms with Crippen molar-refractivity contribution < 1.29 is 0 Å². The maximum Gasteiger partial charge on any atom is 0.0716 e. The zero-order valence-corrected chi connectivity index (χ0v) is 8.52. The molecule has 3 atom stereocenters. The lowest BCUT2D eigenvalue weighted by atomic mass is 9.88. The first-order valence-electron chi connectivity index (χ1n) is 4.64. The van der Waals surface area contributed by atoms with Crippen LogP contribution in [0.1, 0.15) is 27.2 Å². The van der Waals surface area contributed by atoms with E-state index in [4.69, 9.17) is 6.42 Å². The van der Waals surface area contributed by atoms with Gasteiger partial charge in [0, 0.05) is 0 Å². The van der Waals surface area contributed by atoms with Gasteiger partial charge in [0.05, 0.1) is 6.04 Å². The van der Waals surface area contributed by atoms with Gasteiger partial charge in [-0.25, -0.2) is 0 Å². The number of terminal acetylenes is 1. The van der Waals surface area contributed by atoms with E-state index in [0.717, 1.165) is 5.92 Å². The van der Waals surface area contributed by atoms with Gasteiger partial charge in [-0.3, -0.25) is 0 Å². The molecule has 0 saturated heterocycles. The summed E-state index contributed by atoms with van der Waals surface area (Å²) in [6.45, 7) is 6.88. The molecule has 3 unspecified atom stereocenters. The van der Waals surface area contributed by atoms with Crippen molar-refractivity contribution in [3.63, 3.8) is 0 Å². The lowest BCUT2D eigenvalue weighted by Crippen LogP contribution is -2.27. The summed E-state index contributed by atoms with van der Waals surface area (Å²) >= 11 is 0. The Morgan fingerprint density at radius 1 is 1.50 bits per heavy atom. The number of rotatable bonds is 2. The predicted octanol–water partition coefficient (Wildman–Crippen LogP) is 1.89. The smallest absolute Gasteiger partial charge is 0.0716 e. The summed E-state index contributed by atoms with van der Waals surface area (Å²) < 4.78 is 0. The Balaban J connectivity index is 2.48. The fourth-order valence-corrected chi connectivity index (χ4v) is 2.00. The average molecular weight is 165 g/mol. The molecule has 68 valence electrons. The molecule has 1 saturated carbocycles. The fraction of sp³-hybridized carbons (Fsp3) is 0.818. The number of hydrogen-bond donors (Lipinski definition) is 1. The van der Waals surface area contributed by atoms with Crippen LogP contribution in [0.5, 0.6) is 0 Å². The molecule has 1 aliphatic carbocycles. The quantitative estimate of drug-likeness (QED) is 0.616. The molecule has 0 spiro atoms. The van der Waals surface area contributed by atoms with Gasteiger partial charge >= 0.3 is 0 Å². The summed E-state index contributed by atoms with van der Waals surface area (Å²) in [6.07, 6.45) is 6.71. The molecule has 0 amide bonds. The summed E-state index contributed by atoms with van der Waals surface area (Å²) in [4.78, 5) is 0.